The first-order valence-corrected chi connectivity index (χ1v) is 7.74. The molecule has 0 amide bonds. The summed E-state index contributed by atoms with van der Waals surface area (Å²) >= 11 is 0. The van der Waals surface area contributed by atoms with Crippen molar-refractivity contribution < 1.29 is 0 Å². The monoisotopic (exact) mass is 304 g/mol. The van der Waals surface area contributed by atoms with Gasteiger partial charge in [0.2, 0.25) is 0 Å². The maximum Gasteiger partial charge on any atom is 0.332 e. The van der Waals surface area contributed by atoms with Crippen LogP contribution >= 0.6 is 0 Å². The van der Waals surface area contributed by atoms with Crippen molar-refractivity contribution in [3.05, 3.63) is 32.6 Å². The number of aryl methyl sites for hydroxylation is 2. The molecule has 2 rings (SSSR count). The highest BCUT2D eigenvalue weighted by atomic mass is 16.2. The van der Waals surface area contributed by atoms with E-state index in [-0.39, 0.29) is 11.2 Å². The zero-order valence-corrected chi connectivity index (χ0v) is 14.0. The molecule has 0 aliphatic heterocycles. The molecule has 0 bridgehead atoms. The number of hydrogen-bond acceptors (Lipinski definition) is 4. The Morgan fingerprint density at radius 3 is 2.45 bits per heavy atom. The van der Waals surface area contributed by atoms with Gasteiger partial charge in [-0.05, 0) is 25.8 Å². The van der Waals surface area contributed by atoms with Gasteiger partial charge in [-0.25, -0.2) is 9.78 Å². The number of anilines is 1. The van der Waals surface area contributed by atoms with Crippen molar-refractivity contribution in [2.24, 2.45) is 14.1 Å². The third-order valence-electron chi connectivity index (χ3n) is 4.10. The standard InChI is InChI=1S/C16H24N4O2/c1-6-8-9-20(7-2)13-11(3)10-17-14-12(13)15(21)19(5)16(22)18(14)4/h10H,6-9H2,1-5H3. The number of unbranched alkanes of at least 4 members (excludes halogenated alkanes) is 1. The van der Waals surface area contributed by atoms with Gasteiger partial charge in [-0.1, -0.05) is 13.3 Å². The molecule has 6 nitrogen and oxygen atoms in total. The van der Waals surface area contributed by atoms with Gasteiger partial charge in [-0.3, -0.25) is 13.9 Å². The number of aromatic nitrogens is 3. The van der Waals surface area contributed by atoms with Crippen LogP contribution in [0, 0.1) is 6.92 Å². The number of nitrogens with zero attached hydrogens (tertiary/aromatic N) is 4. The molecule has 0 aliphatic carbocycles. The van der Waals surface area contributed by atoms with Crippen LogP contribution in [0.5, 0.6) is 0 Å². The predicted molar refractivity (Wildman–Crippen MR) is 89.8 cm³/mol. The molecular weight excluding hydrogens is 280 g/mol. The summed E-state index contributed by atoms with van der Waals surface area (Å²) in [5, 5.41) is 0.530. The van der Waals surface area contributed by atoms with E-state index < -0.39 is 0 Å². The van der Waals surface area contributed by atoms with E-state index in [1.54, 1.807) is 13.2 Å². The third-order valence-corrected chi connectivity index (χ3v) is 4.10. The SMILES string of the molecule is CCCCN(CC)c1c(C)cnc2c1c(=O)n(C)c(=O)n2C. The first kappa shape index (κ1) is 16.3. The summed E-state index contributed by atoms with van der Waals surface area (Å²) < 4.78 is 2.59. The van der Waals surface area contributed by atoms with Gasteiger partial charge in [-0.15, -0.1) is 0 Å². The van der Waals surface area contributed by atoms with Gasteiger partial charge >= 0.3 is 5.69 Å². The molecule has 0 saturated heterocycles. The van der Waals surface area contributed by atoms with E-state index >= 15 is 0 Å². The summed E-state index contributed by atoms with van der Waals surface area (Å²) in [5.41, 5.74) is 1.68. The minimum atomic E-state index is -0.351. The highest BCUT2D eigenvalue weighted by molar-refractivity contribution is 5.90. The summed E-state index contributed by atoms with van der Waals surface area (Å²) in [4.78, 5) is 31.3. The maximum absolute atomic E-state index is 12.7. The summed E-state index contributed by atoms with van der Waals surface area (Å²) in [5.74, 6) is 0. The zero-order chi connectivity index (χ0) is 16.4. The smallest absolute Gasteiger partial charge is 0.332 e. The van der Waals surface area contributed by atoms with E-state index in [2.05, 4.69) is 23.7 Å². The lowest BCUT2D eigenvalue weighted by Crippen LogP contribution is -2.38. The molecule has 0 unspecified atom stereocenters. The number of rotatable bonds is 5. The Kier molecular flexibility index (Phi) is 4.68. The van der Waals surface area contributed by atoms with E-state index in [1.807, 2.05) is 6.92 Å². The fraction of sp³-hybridized carbons (Fsp3) is 0.562. The van der Waals surface area contributed by atoms with Crippen LogP contribution in [-0.4, -0.2) is 27.2 Å². The van der Waals surface area contributed by atoms with Gasteiger partial charge in [0.25, 0.3) is 5.56 Å². The van der Waals surface area contributed by atoms with Crippen molar-refractivity contribution in [2.45, 2.75) is 33.6 Å². The summed E-state index contributed by atoms with van der Waals surface area (Å²) in [7, 11) is 3.16. The largest absolute Gasteiger partial charge is 0.371 e. The van der Waals surface area contributed by atoms with Crippen LogP contribution in [0.3, 0.4) is 0 Å². The fourth-order valence-electron chi connectivity index (χ4n) is 2.79. The summed E-state index contributed by atoms with van der Waals surface area (Å²) in [6.07, 6.45) is 3.89. The van der Waals surface area contributed by atoms with Gasteiger partial charge in [0.15, 0.2) is 5.65 Å². The maximum atomic E-state index is 12.7. The lowest BCUT2D eigenvalue weighted by atomic mass is 10.1. The molecule has 2 heterocycles. The molecule has 0 radical (unpaired) electrons. The molecule has 2 aromatic heterocycles. The Bertz CT molecular complexity index is 804. The molecule has 0 saturated carbocycles. The molecule has 0 aliphatic rings. The van der Waals surface area contributed by atoms with E-state index in [0.717, 1.165) is 41.7 Å². The van der Waals surface area contributed by atoms with E-state index in [0.29, 0.717) is 11.0 Å². The van der Waals surface area contributed by atoms with E-state index in [9.17, 15) is 9.59 Å². The van der Waals surface area contributed by atoms with E-state index in [1.165, 1.54) is 11.6 Å². The molecule has 6 heteroatoms. The molecule has 0 spiro atoms. The minimum absolute atomic E-state index is 0.278. The second-order valence-corrected chi connectivity index (χ2v) is 5.63. The number of fused-ring (bicyclic) bond motifs is 1. The molecule has 0 N–H and O–H groups in total. The Morgan fingerprint density at radius 1 is 1.18 bits per heavy atom. The van der Waals surface area contributed by atoms with Crippen molar-refractivity contribution in [1.82, 2.24) is 14.1 Å². The van der Waals surface area contributed by atoms with Crippen LogP contribution in [0.25, 0.3) is 11.0 Å². The Morgan fingerprint density at radius 2 is 1.86 bits per heavy atom. The van der Waals surface area contributed by atoms with Crippen molar-refractivity contribution in [3.8, 4) is 0 Å². The third kappa shape index (κ3) is 2.53. The van der Waals surface area contributed by atoms with Crippen LogP contribution in [0.15, 0.2) is 15.8 Å². The van der Waals surface area contributed by atoms with E-state index in [4.69, 9.17) is 0 Å². The van der Waals surface area contributed by atoms with Crippen molar-refractivity contribution >= 4 is 16.7 Å². The lowest BCUT2D eigenvalue weighted by Gasteiger charge is -2.26. The van der Waals surface area contributed by atoms with Gasteiger partial charge < -0.3 is 4.90 Å². The minimum Gasteiger partial charge on any atom is -0.371 e. The lowest BCUT2D eigenvalue weighted by molar-refractivity contribution is 0.702. The van der Waals surface area contributed by atoms with Gasteiger partial charge in [0.05, 0.1) is 5.69 Å². The van der Waals surface area contributed by atoms with Crippen LogP contribution in [0.2, 0.25) is 0 Å². The second-order valence-electron chi connectivity index (χ2n) is 5.63. The predicted octanol–water partition coefficient (Wildman–Crippen LogP) is 1.57. The molecule has 22 heavy (non-hydrogen) atoms. The Balaban J connectivity index is 2.86. The van der Waals surface area contributed by atoms with Crippen molar-refractivity contribution in [3.63, 3.8) is 0 Å². The first-order chi connectivity index (χ1) is 10.4. The average Bonchev–Trinajstić information content (AvgIpc) is 2.52. The van der Waals surface area contributed by atoms with Gasteiger partial charge in [0, 0.05) is 33.4 Å². The van der Waals surface area contributed by atoms with Crippen LogP contribution in [-0.2, 0) is 14.1 Å². The highest BCUT2D eigenvalue weighted by Crippen LogP contribution is 2.26. The quantitative estimate of drug-likeness (QED) is 0.841. The topological polar surface area (TPSA) is 60.1 Å². The molecule has 0 aromatic carbocycles. The van der Waals surface area contributed by atoms with Crippen LogP contribution in [0.1, 0.15) is 32.3 Å². The Labute approximate surface area is 130 Å². The number of pyridine rings is 1. The van der Waals surface area contributed by atoms with Gasteiger partial charge in [-0.2, -0.15) is 0 Å². The van der Waals surface area contributed by atoms with Crippen molar-refractivity contribution in [1.29, 1.82) is 0 Å². The first-order valence-electron chi connectivity index (χ1n) is 7.74. The summed E-state index contributed by atoms with van der Waals surface area (Å²) in [6, 6.07) is 0. The molecule has 120 valence electrons. The molecule has 2 aromatic rings. The van der Waals surface area contributed by atoms with Gasteiger partial charge in [0.1, 0.15) is 5.39 Å². The zero-order valence-electron chi connectivity index (χ0n) is 14.0. The highest BCUT2D eigenvalue weighted by Gasteiger charge is 2.19. The van der Waals surface area contributed by atoms with Crippen molar-refractivity contribution in [2.75, 3.05) is 18.0 Å². The second kappa shape index (κ2) is 6.34. The Hall–Kier alpha value is -2.11. The fourth-order valence-corrected chi connectivity index (χ4v) is 2.79. The molecular formula is C16H24N4O2. The molecule has 0 atom stereocenters. The normalized spacial score (nSPS) is 11.1. The van der Waals surface area contributed by atoms with Crippen LogP contribution < -0.4 is 16.1 Å². The average molecular weight is 304 g/mol. The number of hydrogen-bond donors (Lipinski definition) is 0. The van der Waals surface area contributed by atoms with Crippen LogP contribution in [0.4, 0.5) is 5.69 Å². The molecule has 0 fully saturated rings. The summed E-state index contributed by atoms with van der Waals surface area (Å²) in [6.45, 7) is 7.88.